The largest absolute Gasteiger partial charge is 0.452 e. The van der Waals surface area contributed by atoms with Gasteiger partial charge >= 0.3 is 5.97 Å². The van der Waals surface area contributed by atoms with E-state index in [0.29, 0.717) is 23.6 Å². The van der Waals surface area contributed by atoms with Crippen molar-refractivity contribution in [3.63, 3.8) is 0 Å². The first-order valence-corrected chi connectivity index (χ1v) is 9.92. The maximum Gasteiger partial charge on any atom is 0.308 e. The number of fused-ring (bicyclic) bond motifs is 1. The van der Waals surface area contributed by atoms with E-state index in [1.807, 2.05) is 19.1 Å². The van der Waals surface area contributed by atoms with Crippen LogP contribution in [-0.2, 0) is 23.9 Å². The number of halogens is 1. The van der Waals surface area contributed by atoms with E-state index in [-0.39, 0.29) is 36.6 Å². The minimum atomic E-state index is -1.03. The molecule has 1 aliphatic carbocycles. The van der Waals surface area contributed by atoms with Crippen molar-refractivity contribution in [2.75, 3.05) is 11.9 Å². The third-order valence-electron chi connectivity index (χ3n) is 5.27. The lowest BCUT2D eigenvalue weighted by atomic mass is 9.85. The average molecular weight is 419 g/mol. The highest BCUT2D eigenvalue weighted by molar-refractivity contribution is 6.31. The molecule has 1 aromatic carbocycles. The van der Waals surface area contributed by atoms with Crippen LogP contribution in [0.15, 0.2) is 30.4 Å². The van der Waals surface area contributed by atoms with Crippen LogP contribution in [0.4, 0.5) is 5.69 Å². The van der Waals surface area contributed by atoms with E-state index in [1.165, 1.54) is 6.92 Å². The van der Waals surface area contributed by atoms with Crippen LogP contribution in [0.2, 0.25) is 5.02 Å². The molecule has 1 aromatic rings. The highest BCUT2D eigenvalue weighted by atomic mass is 35.5. The first-order chi connectivity index (χ1) is 13.8. The third kappa shape index (κ3) is 4.67. The number of anilines is 1. The SMILES string of the molecule is Cc1ccc(Cl)cc1NC(=O)[C@H](C)OC(=O)CCN1C(=O)[C@H]2CC=CC[C@@H]2C1=O. The Bertz CT molecular complexity index is 856. The summed E-state index contributed by atoms with van der Waals surface area (Å²) in [7, 11) is 0. The highest BCUT2D eigenvalue weighted by Crippen LogP contribution is 2.35. The fourth-order valence-corrected chi connectivity index (χ4v) is 3.74. The molecule has 1 heterocycles. The Kier molecular flexibility index (Phi) is 6.37. The molecule has 7 nitrogen and oxygen atoms in total. The number of carbonyl (C=O) groups excluding carboxylic acids is 4. The Morgan fingerprint density at radius 2 is 1.83 bits per heavy atom. The summed E-state index contributed by atoms with van der Waals surface area (Å²) in [5.41, 5.74) is 1.36. The van der Waals surface area contributed by atoms with Gasteiger partial charge in [0.25, 0.3) is 5.91 Å². The van der Waals surface area contributed by atoms with Gasteiger partial charge in [-0.25, -0.2) is 0 Å². The van der Waals surface area contributed by atoms with E-state index in [2.05, 4.69) is 5.32 Å². The molecule has 3 atom stereocenters. The van der Waals surface area contributed by atoms with Crippen LogP contribution in [0.3, 0.4) is 0 Å². The van der Waals surface area contributed by atoms with Crippen molar-refractivity contribution < 1.29 is 23.9 Å². The zero-order valence-electron chi connectivity index (χ0n) is 16.3. The Labute approximate surface area is 174 Å². The monoisotopic (exact) mass is 418 g/mol. The van der Waals surface area contributed by atoms with Gasteiger partial charge in [0.1, 0.15) is 0 Å². The predicted octanol–water partition coefficient (Wildman–Crippen LogP) is 2.86. The van der Waals surface area contributed by atoms with Crippen molar-refractivity contribution in [2.45, 2.75) is 39.2 Å². The number of imide groups is 1. The van der Waals surface area contributed by atoms with Gasteiger partial charge in [-0.05, 0) is 44.4 Å². The van der Waals surface area contributed by atoms with Gasteiger partial charge in [0.2, 0.25) is 11.8 Å². The standard InChI is InChI=1S/C21H23ClN2O5/c1-12-7-8-14(22)11-17(12)23-19(26)13(2)29-18(25)9-10-24-20(27)15-5-3-4-6-16(15)21(24)28/h3-4,7-8,11,13,15-16H,5-6,9-10H2,1-2H3,(H,23,26)/t13-,15-,16-/m0/s1. The van der Waals surface area contributed by atoms with Crippen LogP contribution in [0.5, 0.6) is 0 Å². The summed E-state index contributed by atoms with van der Waals surface area (Å²) in [6.07, 6.45) is 3.74. The molecule has 8 heteroatoms. The van der Waals surface area contributed by atoms with Crippen molar-refractivity contribution in [2.24, 2.45) is 11.8 Å². The molecule has 0 bridgehead atoms. The van der Waals surface area contributed by atoms with E-state index in [0.717, 1.165) is 10.5 Å². The van der Waals surface area contributed by atoms with Crippen LogP contribution in [-0.4, -0.2) is 41.2 Å². The van der Waals surface area contributed by atoms with Crippen molar-refractivity contribution in [3.05, 3.63) is 40.9 Å². The molecule has 3 amide bonds. The molecule has 1 fully saturated rings. The third-order valence-corrected chi connectivity index (χ3v) is 5.51. The molecule has 0 spiro atoms. The number of allylic oxidation sites excluding steroid dienone is 2. The highest BCUT2D eigenvalue weighted by Gasteiger charge is 2.47. The maximum atomic E-state index is 12.4. The van der Waals surface area contributed by atoms with Crippen molar-refractivity contribution in [1.82, 2.24) is 4.90 Å². The quantitative estimate of drug-likeness (QED) is 0.435. The number of likely N-dealkylation sites (tertiary alicyclic amines) is 1. The van der Waals surface area contributed by atoms with Crippen LogP contribution in [0.1, 0.15) is 31.7 Å². The Hall–Kier alpha value is -2.67. The molecular formula is C21H23ClN2O5. The van der Waals surface area contributed by atoms with Gasteiger partial charge in [0.15, 0.2) is 6.10 Å². The van der Waals surface area contributed by atoms with Crippen LogP contribution in [0, 0.1) is 18.8 Å². The number of hydrogen-bond acceptors (Lipinski definition) is 5. The lowest BCUT2D eigenvalue weighted by molar-refractivity contribution is -0.154. The molecule has 2 aliphatic rings. The Morgan fingerprint density at radius 3 is 2.45 bits per heavy atom. The number of aryl methyl sites for hydroxylation is 1. The zero-order valence-corrected chi connectivity index (χ0v) is 17.1. The summed E-state index contributed by atoms with van der Waals surface area (Å²) in [4.78, 5) is 50.4. The zero-order chi connectivity index (χ0) is 21.1. The fraction of sp³-hybridized carbons (Fsp3) is 0.429. The number of esters is 1. The van der Waals surface area contributed by atoms with E-state index in [4.69, 9.17) is 16.3 Å². The van der Waals surface area contributed by atoms with Gasteiger partial charge in [0, 0.05) is 17.3 Å². The first kappa shape index (κ1) is 21.0. The number of ether oxygens (including phenoxy) is 1. The molecular weight excluding hydrogens is 396 g/mol. The molecule has 3 rings (SSSR count). The summed E-state index contributed by atoms with van der Waals surface area (Å²) in [5, 5.41) is 3.15. The molecule has 0 aromatic heterocycles. The summed E-state index contributed by atoms with van der Waals surface area (Å²) < 4.78 is 5.16. The van der Waals surface area contributed by atoms with Crippen molar-refractivity contribution in [1.29, 1.82) is 0 Å². The Balaban J connectivity index is 1.50. The van der Waals surface area contributed by atoms with Crippen LogP contribution < -0.4 is 5.32 Å². The second-order valence-electron chi connectivity index (χ2n) is 7.31. The van der Waals surface area contributed by atoms with Gasteiger partial charge in [-0.3, -0.25) is 24.1 Å². The first-order valence-electron chi connectivity index (χ1n) is 9.54. The molecule has 29 heavy (non-hydrogen) atoms. The van der Waals surface area contributed by atoms with Gasteiger partial charge in [-0.1, -0.05) is 29.8 Å². The lowest BCUT2D eigenvalue weighted by Gasteiger charge is -2.17. The van der Waals surface area contributed by atoms with Crippen molar-refractivity contribution in [3.8, 4) is 0 Å². The number of nitrogens with zero attached hydrogens (tertiary/aromatic N) is 1. The fourth-order valence-electron chi connectivity index (χ4n) is 3.57. The second-order valence-corrected chi connectivity index (χ2v) is 7.75. The minimum absolute atomic E-state index is 0.0365. The molecule has 0 unspecified atom stereocenters. The predicted molar refractivity (Wildman–Crippen MR) is 107 cm³/mol. The van der Waals surface area contributed by atoms with Gasteiger partial charge in [-0.15, -0.1) is 0 Å². The van der Waals surface area contributed by atoms with E-state index in [1.54, 1.807) is 18.2 Å². The molecule has 1 saturated heterocycles. The van der Waals surface area contributed by atoms with Gasteiger partial charge in [-0.2, -0.15) is 0 Å². The smallest absolute Gasteiger partial charge is 0.308 e. The summed E-state index contributed by atoms with van der Waals surface area (Å²) in [5.74, 6) is -2.26. The van der Waals surface area contributed by atoms with Gasteiger partial charge in [0.05, 0.1) is 18.3 Å². The Morgan fingerprint density at radius 1 is 1.21 bits per heavy atom. The summed E-state index contributed by atoms with van der Waals surface area (Å²) >= 11 is 5.94. The van der Waals surface area contributed by atoms with Gasteiger partial charge < -0.3 is 10.1 Å². The van der Waals surface area contributed by atoms with Crippen LogP contribution >= 0.6 is 11.6 Å². The summed E-state index contributed by atoms with van der Waals surface area (Å²) in [6.45, 7) is 3.24. The number of amides is 3. The molecule has 1 aliphatic heterocycles. The number of hydrogen-bond donors (Lipinski definition) is 1. The number of rotatable bonds is 6. The molecule has 0 radical (unpaired) electrons. The average Bonchev–Trinajstić information content (AvgIpc) is 2.93. The van der Waals surface area contributed by atoms with E-state index in [9.17, 15) is 19.2 Å². The minimum Gasteiger partial charge on any atom is -0.452 e. The number of benzene rings is 1. The molecule has 0 saturated carbocycles. The topological polar surface area (TPSA) is 92.8 Å². The van der Waals surface area contributed by atoms with E-state index >= 15 is 0 Å². The molecule has 1 N–H and O–H groups in total. The maximum absolute atomic E-state index is 12.4. The summed E-state index contributed by atoms with van der Waals surface area (Å²) in [6, 6.07) is 5.09. The number of nitrogens with one attached hydrogen (secondary N) is 1. The second kappa shape index (κ2) is 8.78. The number of carbonyl (C=O) groups is 4. The van der Waals surface area contributed by atoms with E-state index < -0.39 is 18.0 Å². The molecule has 154 valence electrons. The normalized spacial score (nSPS) is 21.7. The van der Waals surface area contributed by atoms with Crippen molar-refractivity contribution >= 4 is 41.0 Å². The van der Waals surface area contributed by atoms with Crippen LogP contribution in [0.25, 0.3) is 0 Å². The lowest BCUT2D eigenvalue weighted by Crippen LogP contribution is -2.35.